The predicted octanol–water partition coefficient (Wildman–Crippen LogP) is 0.305. The molecule has 10 heteroatoms. The zero-order valence-corrected chi connectivity index (χ0v) is 15.6. The van der Waals surface area contributed by atoms with Crippen LogP contribution in [0.2, 0.25) is 0 Å². The molecule has 0 aliphatic carbocycles. The number of morpholine rings is 1. The quantitative estimate of drug-likeness (QED) is 0.672. The summed E-state index contributed by atoms with van der Waals surface area (Å²) in [7, 11) is 0. The number of fused-ring (bicyclic) bond motifs is 1. The fourth-order valence-electron chi connectivity index (χ4n) is 3.83. The van der Waals surface area contributed by atoms with Crippen LogP contribution in [0.15, 0.2) is 24.5 Å². The second kappa shape index (κ2) is 6.79. The van der Waals surface area contributed by atoms with Gasteiger partial charge in [-0.3, -0.25) is 9.89 Å². The number of pyridine rings is 1. The number of hydrogen-bond donors (Lipinski definition) is 2. The molecule has 28 heavy (non-hydrogen) atoms. The normalized spacial score (nSPS) is 20.6. The van der Waals surface area contributed by atoms with Crippen molar-refractivity contribution in [3.8, 4) is 5.82 Å². The zero-order chi connectivity index (χ0) is 19.1. The van der Waals surface area contributed by atoms with E-state index in [1.54, 1.807) is 17.1 Å². The average molecular weight is 382 g/mol. The number of amides is 1. The van der Waals surface area contributed by atoms with Crippen LogP contribution in [0.4, 0.5) is 11.5 Å². The van der Waals surface area contributed by atoms with Crippen LogP contribution in [-0.2, 0) is 9.53 Å². The molecule has 0 radical (unpaired) electrons. The van der Waals surface area contributed by atoms with Gasteiger partial charge >= 0.3 is 0 Å². The van der Waals surface area contributed by atoms with Gasteiger partial charge in [-0.1, -0.05) is 0 Å². The number of aromatic amines is 1. The van der Waals surface area contributed by atoms with Gasteiger partial charge in [0.25, 0.3) is 0 Å². The molecule has 0 spiro atoms. The summed E-state index contributed by atoms with van der Waals surface area (Å²) in [5.41, 5.74) is 1.71. The Kier molecular flexibility index (Phi) is 4.12. The largest absolute Gasteiger partial charge is 0.377 e. The van der Waals surface area contributed by atoms with Crippen LogP contribution >= 0.6 is 0 Å². The topological polar surface area (TPSA) is 104 Å². The summed E-state index contributed by atoms with van der Waals surface area (Å²) in [6.45, 7) is 5.95. The summed E-state index contributed by atoms with van der Waals surface area (Å²) in [6, 6.07) is 4.15. The maximum Gasteiger partial charge on any atom is 0.239 e. The highest BCUT2D eigenvalue weighted by Gasteiger charge is 2.26. The first-order valence-electron chi connectivity index (χ1n) is 9.45. The molecule has 2 aliphatic heterocycles. The number of nitrogens with zero attached hydrogens (tertiary/aromatic N) is 6. The van der Waals surface area contributed by atoms with Gasteiger partial charge in [0.15, 0.2) is 11.5 Å². The second-order valence-electron chi connectivity index (χ2n) is 7.12. The summed E-state index contributed by atoms with van der Waals surface area (Å²) < 4.78 is 7.34. The van der Waals surface area contributed by atoms with Crippen molar-refractivity contribution in [2.24, 2.45) is 0 Å². The zero-order valence-electron chi connectivity index (χ0n) is 15.6. The van der Waals surface area contributed by atoms with Crippen LogP contribution in [0.5, 0.6) is 0 Å². The molecule has 0 saturated carbocycles. The Labute approximate surface area is 161 Å². The summed E-state index contributed by atoms with van der Waals surface area (Å²) >= 11 is 0. The maximum atomic E-state index is 12.0. The van der Waals surface area contributed by atoms with E-state index in [1.165, 1.54) is 0 Å². The number of carbonyl (C=O) groups excluding carboxylic acids is 1. The molecule has 5 heterocycles. The van der Waals surface area contributed by atoms with Crippen LogP contribution in [0.3, 0.4) is 0 Å². The van der Waals surface area contributed by atoms with Gasteiger partial charge in [-0.25, -0.2) is 4.98 Å². The van der Waals surface area contributed by atoms with Crippen molar-refractivity contribution < 1.29 is 9.53 Å². The molecule has 1 amide bonds. The Morgan fingerprint density at radius 3 is 3.04 bits per heavy atom. The fraction of sp³-hybridized carbons (Fsp3) is 0.444. The highest BCUT2D eigenvalue weighted by molar-refractivity contribution is 5.94. The van der Waals surface area contributed by atoms with Crippen molar-refractivity contribution in [2.75, 3.05) is 49.2 Å². The smallest absolute Gasteiger partial charge is 0.239 e. The molecule has 1 atom stereocenters. The summed E-state index contributed by atoms with van der Waals surface area (Å²) in [5, 5.41) is 15.3. The molecule has 3 aromatic heterocycles. The van der Waals surface area contributed by atoms with E-state index in [9.17, 15) is 4.79 Å². The maximum absolute atomic E-state index is 12.0. The van der Waals surface area contributed by atoms with Gasteiger partial charge in [-0.15, -0.1) is 0 Å². The highest BCUT2D eigenvalue weighted by Crippen LogP contribution is 2.32. The summed E-state index contributed by atoms with van der Waals surface area (Å²) in [4.78, 5) is 21.3. The van der Waals surface area contributed by atoms with Crippen LogP contribution < -0.4 is 15.1 Å². The average Bonchev–Trinajstić information content (AvgIpc) is 3.37. The first-order valence-corrected chi connectivity index (χ1v) is 9.45. The highest BCUT2D eigenvalue weighted by atomic mass is 16.5. The molecular weight excluding hydrogens is 360 g/mol. The lowest BCUT2D eigenvalue weighted by Crippen LogP contribution is -2.48. The van der Waals surface area contributed by atoms with E-state index in [1.807, 2.05) is 6.07 Å². The van der Waals surface area contributed by atoms with E-state index in [4.69, 9.17) is 9.72 Å². The molecule has 2 fully saturated rings. The van der Waals surface area contributed by atoms with Crippen molar-refractivity contribution >= 4 is 28.4 Å². The minimum atomic E-state index is 0.0264. The number of hydrogen-bond acceptors (Lipinski definition) is 7. The minimum absolute atomic E-state index is 0.0264. The predicted molar refractivity (Wildman–Crippen MR) is 104 cm³/mol. The third-order valence-corrected chi connectivity index (χ3v) is 5.26. The first kappa shape index (κ1) is 17.0. The molecule has 2 N–H and O–H groups in total. The second-order valence-corrected chi connectivity index (χ2v) is 7.12. The van der Waals surface area contributed by atoms with Crippen molar-refractivity contribution in [2.45, 2.75) is 13.0 Å². The van der Waals surface area contributed by atoms with Gasteiger partial charge in [-0.2, -0.15) is 14.9 Å². The third-order valence-electron chi connectivity index (χ3n) is 5.26. The van der Waals surface area contributed by atoms with E-state index >= 15 is 0 Å². The minimum Gasteiger partial charge on any atom is -0.377 e. The lowest BCUT2D eigenvalue weighted by molar-refractivity contribution is -0.120. The molecule has 5 rings (SSSR count). The van der Waals surface area contributed by atoms with Gasteiger partial charge in [0, 0.05) is 31.8 Å². The number of aromatic nitrogens is 5. The van der Waals surface area contributed by atoms with Crippen molar-refractivity contribution in [1.82, 2.24) is 30.3 Å². The van der Waals surface area contributed by atoms with Gasteiger partial charge in [0.2, 0.25) is 5.91 Å². The Hall–Kier alpha value is -3.14. The lowest BCUT2D eigenvalue weighted by atomic mass is 10.2. The number of ether oxygens (including phenoxy) is 1. The standard InChI is InChI=1S/C18H22N8O2/c1-12-11-28-7-6-25(12)16-8-14(24-5-4-19-17(27)10-24)13-9-21-26(18(13)22-16)15-2-3-20-23-15/h2-3,8-9,12H,4-7,10-11H2,1H3,(H,19,27)(H,20,23)/t12-/m1/s1. The van der Waals surface area contributed by atoms with Gasteiger partial charge < -0.3 is 19.9 Å². The van der Waals surface area contributed by atoms with Crippen LogP contribution in [0, 0.1) is 0 Å². The SMILES string of the molecule is C[C@@H]1COCCN1c1cc(N2CCNC(=O)C2)c2cnn(-c3ccn[nH]3)c2n1. The molecule has 0 bridgehead atoms. The van der Waals surface area contributed by atoms with E-state index in [0.717, 1.165) is 41.4 Å². The van der Waals surface area contributed by atoms with E-state index in [-0.39, 0.29) is 11.9 Å². The van der Waals surface area contributed by atoms with Crippen LogP contribution in [0.1, 0.15) is 6.92 Å². The van der Waals surface area contributed by atoms with E-state index < -0.39 is 0 Å². The van der Waals surface area contributed by atoms with Gasteiger partial charge in [0.1, 0.15) is 5.82 Å². The van der Waals surface area contributed by atoms with Crippen molar-refractivity contribution in [1.29, 1.82) is 0 Å². The molecule has 2 saturated heterocycles. The Bertz CT molecular complexity index is 999. The molecule has 2 aliphatic rings. The molecule has 10 nitrogen and oxygen atoms in total. The number of rotatable bonds is 3. The Morgan fingerprint density at radius 2 is 2.25 bits per heavy atom. The van der Waals surface area contributed by atoms with Crippen LogP contribution in [0.25, 0.3) is 16.9 Å². The molecule has 0 unspecified atom stereocenters. The number of nitrogens with one attached hydrogen (secondary N) is 2. The fourth-order valence-corrected chi connectivity index (χ4v) is 3.83. The Balaban J connectivity index is 1.67. The summed E-state index contributed by atoms with van der Waals surface area (Å²) in [5.74, 6) is 1.64. The number of piperazine rings is 1. The summed E-state index contributed by atoms with van der Waals surface area (Å²) in [6.07, 6.45) is 3.49. The monoisotopic (exact) mass is 382 g/mol. The van der Waals surface area contributed by atoms with Gasteiger partial charge in [-0.05, 0) is 6.92 Å². The number of carbonyl (C=O) groups is 1. The van der Waals surface area contributed by atoms with Gasteiger partial charge in [0.05, 0.1) is 49.3 Å². The first-order chi connectivity index (χ1) is 13.7. The van der Waals surface area contributed by atoms with Crippen molar-refractivity contribution in [3.05, 3.63) is 24.5 Å². The third kappa shape index (κ3) is 2.85. The molecule has 146 valence electrons. The number of H-pyrrole nitrogens is 1. The van der Waals surface area contributed by atoms with Crippen LogP contribution in [-0.4, -0.2) is 76.3 Å². The number of anilines is 2. The van der Waals surface area contributed by atoms with Crippen molar-refractivity contribution in [3.63, 3.8) is 0 Å². The molecule has 0 aromatic carbocycles. The molecular formula is C18H22N8O2. The van der Waals surface area contributed by atoms with E-state index in [2.05, 4.69) is 43.4 Å². The molecule has 3 aromatic rings. The Morgan fingerprint density at radius 1 is 1.32 bits per heavy atom. The lowest BCUT2D eigenvalue weighted by Gasteiger charge is -2.35. The van der Waals surface area contributed by atoms with E-state index in [0.29, 0.717) is 26.3 Å².